The third-order valence-corrected chi connectivity index (χ3v) is 4.86. The van der Waals surface area contributed by atoms with Crippen LogP contribution in [0.5, 0.6) is 5.75 Å². The molecule has 0 aromatic heterocycles. The summed E-state index contributed by atoms with van der Waals surface area (Å²) in [6, 6.07) is 11.5. The Morgan fingerprint density at radius 1 is 1.17 bits per heavy atom. The Balaban J connectivity index is 2.25. The van der Waals surface area contributed by atoms with Gasteiger partial charge >= 0.3 is 0 Å². The Morgan fingerprint density at radius 2 is 1.88 bits per heavy atom. The van der Waals surface area contributed by atoms with Gasteiger partial charge in [0, 0.05) is 27.6 Å². The van der Waals surface area contributed by atoms with Crippen LogP contribution in [-0.2, 0) is 0 Å². The normalized spacial score (nSPS) is 24.6. The van der Waals surface area contributed by atoms with Crippen molar-refractivity contribution < 1.29 is 4.74 Å². The van der Waals surface area contributed by atoms with E-state index in [2.05, 4.69) is 15.9 Å². The van der Waals surface area contributed by atoms with E-state index >= 15 is 0 Å². The summed E-state index contributed by atoms with van der Waals surface area (Å²) in [5.74, 6) is -1.37. The Hall–Kier alpha value is -2.95. The molecule has 1 aromatic rings. The van der Waals surface area contributed by atoms with E-state index < -0.39 is 23.9 Å². The van der Waals surface area contributed by atoms with Crippen molar-refractivity contribution in [1.82, 2.24) is 0 Å². The first-order valence-electron chi connectivity index (χ1n) is 7.14. The molecule has 3 unspecified atom stereocenters. The van der Waals surface area contributed by atoms with E-state index in [1.165, 1.54) is 0 Å². The van der Waals surface area contributed by atoms with Gasteiger partial charge in [-0.15, -0.1) is 0 Å². The molecular formula is C17H12BrN5O. The number of nitrogens with two attached hydrogens (primary N) is 2. The summed E-state index contributed by atoms with van der Waals surface area (Å²) in [5.41, 5.74) is 13.5. The van der Waals surface area contributed by atoms with Gasteiger partial charge < -0.3 is 16.2 Å². The number of benzene rings is 1. The van der Waals surface area contributed by atoms with Crippen molar-refractivity contribution >= 4 is 15.9 Å². The molecule has 0 radical (unpaired) electrons. The van der Waals surface area contributed by atoms with Gasteiger partial charge in [-0.2, -0.15) is 15.8 Å². The third kappa shape index (κ3) is 2.29. The SMILES string of the molecule is N#CC1=C(N)C2C(C=C1N)Oc1ccc(Br)cc1C2C(C#N)C#N. The van der Waals surface area contributed by atoms with Crippen LogP contribution in [-0.4, -0.2) is 6.10 Å². The summed E-state index contributed by atoms with van der Waals surface area (Å²) < 4.78 is 6.78. The molecule has 0 saturated carbocycles. The van der Waals surface area contributed by atoms with Crippen LogP contribution in [0.15, 0.2) is 45.7 Å². The van der Waals surface area contributed by atoms with Crippen molar-refractivity contribution in [3.8, 4) is 24.0 Å². The average Bonchev–Trinajstić information content (AvgIpc) is 2.56. The highest BCUT2D eigenvalue weighted by Crippen LogP contribution is 2.49. The maximum Gasteiger partial charge on any atom is 0.141 e. The summed E-state index contributed by atoms with van der Waals surface area (Å²) in [7, 11) is 0. The fraction of sp³-hybridized carbons (Fsp3) is 0.235. The number of nitriles is 3. The van der Waals surface area contributed by atoms with Crippen molar-refractivity contribution in [2.45, 2.75) is 12.0 Å². The van der Waals surface area contributed by atoms with E-state index in [0.717, 1.165) is 4.47 Å². The van der Waals surface area contributed by atoms with Gasteiger partial charge in [0.05, 0.1) is 23.4 Å². The number of fused-ring (bicyclic) bond motifs is 2. The summed E-state index contributed by atoms with van der Waals surface area (Å²) in [6.45, 7) is 0. The smallest absolute Gasteiger partial charge is 0.141 e. The number of halogens is 1. The molecule has 0 bridgehead atoms. The largest absolute Gasteiger partial charge is 0.485 e. The Kier molecular flexibility index (Phi) is 3.93. The molecular weight excluding hydrogens is 370 g/mol. The van der Waals surface area contributed by atoms with Crippen molar-refractivity contribution in [3.63, 3.8) is 0 Å². The molecule has 3 atom stereocenters. The van der Waals surface area contributed by atoms with Crippen LogP contribution in [0.2, 0.25) is 0 Å². The lowest BCUT2D eigenvalue weighted by Crippen LogP contribution is -2.43. The fourth-order valence-corrected chi connectivity index (χ4v) is 3.69. The number of rotatable bonds is 1. The minimum Gasteiger partial charge on any atom is -0.485 e. The molecule has 1 aliphatic carbocycles. The summed E-state index contributed by atoms with van der Waals surface area (Å²) in [4.78, 5) is 0. The van der Waals surface area contributed by atoms with Gasteiger partial charge in [0.1, 0.15) is 23.8 Å². The highest BCUT2D eigenvalue weighted by Gasteiger charge is 2.46. The standard InChI is InChI=1S/C17H12BrN5O/c18-9-1-2-13-10(3-9)15(8(5-19)6-20)16-14(24-13)4-12(22)11(7-21)17(16)23/h1-4,8,14-16H,22-23H2. The monoisotopic (exact) mass is 381 g/mol. The van der Waals surface area contributed by atoms with Gasteiger partial charge in [-0.1, -0.05) is 15.9 Å². The molecule has 4 N–H and O–H groups in total. The van der Waals surface area contributed by atoms with Crippen LogP contribution >= 0.6 is 15.9 Å². The van der Waals surface area contributed by atoms with Crippen LogP contribution in [0, 0.1) is 45.8 Å². The zero-order chi connectivity index (χ0) is 17.4. The number of hydrogen-bond acceptors (Lipinski definition) is 6. The van der Waals surface area contributed by atoms with Gasteiger partial charge in [0.15, 0.2) is 0 Å². The maximum absolute atomic E-state index is 9.44. The lowest BCUT2D eigenvalue weighted by atomic mass is 9.69. The van der Waals surface area contributed by atoms with Crippen LogP contribution in [0.1, 0.15) is 11.5 Å². The molecule has 1 heterocycles. The van der Waals surface area contributed by atoms with Crippen LogP contribution < -0.4 is 16.2 Å². The Labute approximate surface area is 147 Å². The summed E-state index contributed by atoms with van der Waals surface area (Å²) in [5, 5.41) is 28.2. The molecule has 3 rings (SSSR count). The summed E-state index contributed by atoms with van der Waals surface area (Å²) >= 11 is 3.40. The minimum atomic E-state index is -0.930. The van der Waals surface area contributed by atoms with E-state index in [1.807, 2.05) is 30.3 Å². The van der Waals surface area contributed by atoms with Crippen molar-refractivity contribution in [1.29, 1.82) is 15.8 Å². The molecule has 118 valence electrons. The second-order valence-electron chi connectivity index (χ2n) is 5.62. The van der Waals surface area contributed by atoms with Crippen molar-refractivity contribution in [2.24, 2.45) is 23.3 Å². The Bertz CT molecular complexity index is 885. The third-order valence-electron chi connectivity index (χ3n) is 4.36. The fourth-order valence-electron chi connectivity index (χ4n) is 3.31. The zero-order valence-electron chi connectivity index (χ0n) is 12.4. The molecule has 24 heavy (non-hydrogen) atoms. The first-order chi connectivity index (χ1) is 11.5. The minimum absolute atomic E-state index is 0.179. The molecule has 1 aliphatic heterocycles. The maximum atomic E-state index is 9.44. The first kappa shape index (κ1) is 15.9. The van der Waals surface area contributed by atoms with E-state index in [9.17, 15) is 15.8 Å². The lowest BCUT2D eigenvalue weighted by molar-refractivity contribution is 0.140. The lowest BCUT2D eigenvalue weighted by Gasteiger charge is -2.41. The quantitative estimate of drug-likeness (QED) is 0.765. The molecule has 0 spiro atoms. The molecule has 2 aliphatic rings. The molecule has 0 saturated heterocycles. The Morgan fingerprint density at radius 3 is 2.50 bits per heavy atom. The second kappa shape index (κ2) is 5.92. The number of ether oxygens (including phenoxy) is 1. The van der Waals surface area contributed by atoms with E-state index in [0.29, 0.717) is 11.3 Å². The zero-order valence-corrected chi connectivity index (χ0v) is 14.0. The van der Waals surface area contributed by atoms with Gasteiger partial charge in [-0.25, -0.2) is 0 Å². The molecule has 0 amide bonds. The van der Waals surface area contributed by atoms with Crippen molar-refractivity contribution in [2.75, 3.05) is 0 Å². The predicted octanol–water partition coefficient (Wildman–Crippen LogP) is 2.17. The topological polar surface area (TPSA) is 133 Å². The van der Waals surface area contributed by atoms with Gasteiger partial charge in [-0.05, 0) is 24.3 Å². The molecule has 6 nitrogen and oxygen atoms in total. The second-order valence-corrected chi connectivity index (χ2v) is 6.53. The highest BCUT2D eigenvalue weighted by molar-refractivity contribution is 9.10. The predicted molar refractivity (Wildman–Crippen MR) is 88.6 cm³/mol. The van der Waals surface area contributed by atoms with Crippen LogP contribution in [0.25, 0.3) is 0 Å². The molecule has 1 aromatic carbocycles. The van der Waals surface area contributed by atoms with E-state index in [1.54, 1.807) is 12.1 Å². The number of hydrogen-bond donors (Lipinski definition) is 2. The van der Waals surface area contributed by atoms with Gasteiger partial charge in [-0.3, -0.25) is 0 Å². The van der Waals surface area contributed by atoms with E-state index in [-0.39, 0.29) is 17.0 Å². The van der Waals surface area contributed by atoms with E-state index in [4.69, 9.17) is 16.2 Å². The van der Waals surface area contributed by atoms with Crippen LogP contribution in [0.4, 0.5) is 0 Å². The highest BCUT2D eigenvalue weighted by atomic mass is 79.9. The van der Waals surface area contributed by atoms with Gasteiger partial charge in [0.2, 0.25) is 0 Å². The van der Waals surface area contributed by atoms with Crippen LogP contribution in [0.3, 0.4) is 0 Å². The average molecular weight is 382 g/mol. The summed E-state index contributed by atoms with van der Waals surface area (Å²) in [6.07, 6.45) is 1.11. The molecule has 0 fully saturated rings. The van der Waals surface area contributed by atoms with Crippen molar-refractivity contribution in [3.05, 3.63) is 51.3 Å². The first-order valence-corrected chi connectivity index (χ1v) is 7.93. The van der Waals surface area contributed by atoms with Gasteiger partial charge in [0.25, 0.3) is 0 Å². The molecule has 7 heteroatoms. The number of allylic oxidation sites excluding steroid dienone is 1. The number of nitrogens with zero attached hydrogens (tertiary/aromatic N) is 3.